The van der Waals surface area contributed by atoms with Crippen LogP contribution in [0.1, 0.15) is 32.6 Å². The first-order chi connectivity index (χ1) is 13.8. The van der Waals surface area contributed by atoms with Crippen LogP contribution in [-0.2, 0) is 14.3 Å². The summed E-state index contributed by atoms with van der Waals surface area (Å²) in [7, 11) is 0. The topological polar surface area (TPSA) is 75.7 Å². The number of hydrogen-bond acceptors (Lipinski definition) is 8. The lowest BCUT2D eigenvalue weighted by Gasteiger charge is -2.14. The average molecular weight is 467 g/mol. The molecule has 2 amide bonds. The van der Waals surface area contributed by atoms with Gasteiger partial charge in [-0.25, -0.2) is 4.79 Å². The highest BCUT2D eigenvalue weighted by molar-refractivity contribution is 8.26. The van der Waals surface area contributed by atoms with Crippen LogP contribution in [-0.4, -0.2) is 40.2 Å². The van der Waals surface area contributed by atoms with E-state index < -0.39 is 11.9 Å². The molecular weight excluding hydrogens is 448 g/mol. The lowest BCUT2D eigenvalue weighted by Crippen LogP contribution is -2.36. The van der Waals surface area contributed by atoms with Gasteiger partial charge in [0.15, 0.2) is 0 Å². The molecule has 1 aliphatic rings. The lowest BCUT2D eigenvalue weighted by molar-refractivity contribution is -0.126. The van der Waals surface area contributed by atoms with E-state index in [-0.39, 0.29) is 19.1 Å². The highest BCUT2D eigenvalue weighted by Crippen LogP contribution is 2.35. The molecule has 0 aromatic carbocycles. The van der Waals surface area contributed by atoms with E-state index in [4.69, 9.17) is 17.0 Å². The number of carbonyl (C=O) groups excluding carboxylic acids is 3. The van der Waals surface area contributed by atoms with Crippen molar-refractivity contribution in [2.24, 2.45) is 0 Å². The third-order valence-corrected chi connectivity index (χ3v) is 7.43. The van der Waals surface area contributed by atoms with Gasteiger partial charge in [0.05, 0.1) is 17.1 Å². The van der Waals surface area contributed by atoms with Crippen LogP contribution in [0.2, 0.25) is 0 Å². The van der Waals surface area contributed by atoms with Crippen LogP contribution in [0.4, 0.5) is 5.00 Å². The Morgan fingerprint density at radius 2 is 2.10 bits per heavy atom. The summed E-state index contributed by atoms with van der Waals surface area (Å²) in [5, 5.41) is 5.08. The number of rotatable bonds is 6. The summed E-state index contributed by atoms with van der Waals surface area (Å²) in [5.41, 5.74) is 1.12. The first kappa shape index (κ1) is 21.7. The van der Waals surface area contributed by atoms with Crippen molar-refractivity contribution in [1.82, 2.24) is 4.90 Å². The summed E-state index contributed by atoms with van der Waals surface area (Å²) in [6, 6.07) is 3.80. The minimum atomic E-state index is -0.478. The van der Waals surface area contributed by atoms with Crippen molar-refractivity contribution in [2.75, 3.05) is 18.5 Å². The molecule has 3 rings (SSSR count). The number of nitrogens with one attached hydrogen (secondary N) is 1. The number of esters is 1. The van der Waals surface area contributed by atoms with Crippen LogP contribution in [0.3, 0.4) is 0 Å². The summed E-state index contributed by atoms with van der Waals surface area (Å²) in [5.74, 6) is -1.20. The maximum Gasteiger partial charge on any atom is 0.341 e. The third-order valence-electron chi connectivity index (χ3n) is 4.11. The molecule has 0 spiro atoms. The largest absolute Gasteiger partial charge is 0.462 e. The quantitative estimate of drug-likeness (QED) is 0.385. The second kappa shape index (κ2) is 9.21. The maximum atomic E-state index is 12.7. The molecule has 1 fully saturated rings. The minimum absolute atomic E-state index is 0.218. The number of amides is 2. The Labute approximate surface area is 185 Å². The molecule has 1 saturated heterocycles. The molecule has 1 N–H and O–H groups in total. The van der Waals surface area contributed by atoms with Gasteiger partial charge in [-0.1, -0.05) is 30.0 Å². The van der Waals surface area contributed by atoms with Crippen LogP contribution in [0.15, 0.2) is 22.4 Å². The van der Waals surface area contributed by atoms with E-state index >= 15 is 0 Å². The predicted molar refractivity (Wildman–Crippen MR) is 123 cm³/mol. The van der Waals surface area contributed by atoms with Gasteiger partial charge in [-0.15, -0.1) is 22.7 Å². The SMILES string of the molecule is CCOC(=O)c1c(NC(=O)CN2C(=O)/C(=C\c3cccs3)SC2=S)sc(C)c1C. The molecule has 29 heavy (non-hydrogen) atoms. The Hall–Kier alpha value is -2.01. The Bertz CT molecular complexity index is 1010. The number of ether oxygens (including phenoxy) is 1. The molecular formula is C19H18N2O4S4. The Kier molecular flexibility index (Phi) is 6.89. The molecule has 0 aliphatic carbocycles. The number of thiocarbonyl (C=S) groups is 1. The molecule has 2 aromatic rings. The van der Waals surface area contributed by atoms with E-state index in [1.807, 2.05) is 31.4 Å². The Morgan fingerprint density at radius 1 is 1.34 bits per heavy atom. The number of anilines is 1. The molecule has 6 nitrogen and oxygen atoms in total. The van der Waals surface area contributed by atoms with Gasteiger partial charge in [-0.3, -0.25) is 14.5 Å². The van der Waals surface area contributed by atoms with Gasteiger partial charge in [0.1, 0.15) is 15.9 Å². The number of nitrogens with zero attached hydrogens (tertiary/aromatic N) is 1. The summed E-state index contributed by atoms with van der Waals surface area (Å²) < 4.78 is 5.43. The first-order valence-corrected chi connectivity index (χ1v) is 11.6. The molecule has 0 bridgehead atoms. The second-order valence-corrected chi connectivity index (χ2v) is 9.92. The molecule has 0 unspecified atom stereocenters. The fourth-order valence-electron chi connectivity index (χ4n) is 2.61. The van der Waals surface area contributed by atoms with Gasteiger partial charge in [-0.05, 0) is 43.9 Å². The second-order valence-electron chi connectivity index (χ2n) is 6.04. The van der Waals surface area contributed by atoms with Gasteiger partial charge in [0, 0.05) is 9.75 Å². The van der Waals surface area contributed by atoms with Gasteiger partial charge in [0.25, 0.3) is 5.91 Å². The zero-order valence-corrected chi connectivity index (χ0v) is 19.2. The fourth-order valence-corrected chi connectivity index (χ4v) is 5.66. The van der Waals surface area contributed by atoms with E-state index in [0.717, 1.165) is 15.3 Å². The molecule has 0 radical (unpaired) electrons. The number of carbonyl (C=O) groups is 3. The van der Waals surface area contributed by atoms with Gasteiger partial charge < -0.3 is 10.1 Å². The molecule has 10 heteroatoms. The molecule has 0 saturated carbocycles. The first-order valence-electron chi connectivity index (χ1n) is 8.67. The fraction of sp³-hybridized carbons (Fsp3) is 0.263. The zero-order chi connectivity index (χ0) is 21.1. The molecule has 1 aliphatic heterocycles. The smallest absolute Gasteiger partial charge is 0.341 e. The molecule has 0 atom stereocenters. The van der Waals surface area contributed by atoms with Crippen LogP contribution in [0, 0.1) is 13.8 Å². The Morgan fingerprint density at radius 3 is 2.76 bits per heavy atom. The van der Waals surface area contributed by atoms with Crippen LogP contribution >= 0.6 is 46.7 Å². The van der Waals surface area contributed by atoms with Crippen molar-refractivity contribution in [3.8, 4) is 0 Å². The van der Waals surface area contributed by atoms with Crippen molar-refractivity contribution >= 4 is 79.8 Å². The van der Waals surface area contributed by atoms with Gasteiger partial charge in [-0.2, -0.15) is 0 Å². The van der Waals surface area contributed by atoms with E-state index in [1.165, 1.54) is 39.3 Å². The van der Waals surface area contributed by atoms with Gasteiger partial charge >= 0.3 is 5.97 Å². The summed E-state index contributed by atoms with van der Waals surface area (Å²) in [6.45, 7) is 5.43. The zero-order valence-electron chi connectivity index (χ0n) is 15.9. The van der Waals surface area contributed by atoms with Crippen molar-refractivity contribution in [3.63, 3.8) is 0 Å². The third kappa shape index (κ3) is 4.77. The average Bonchev–Trinajstić information content (AvgIpc) is 3.33. The van der Waals surface area contributed by atoms with E-state index in [9.17, 15) is 14.4 Å². The van der Waals surface area contributed by atoms with Crippen LogP contribution < -0.4 is 5.32 Å². The highest BCUT2D eigenvalue weighted by atomic mass is 32.2. The monoisotopic (exact) mass is 466 g/mol. The lowest BCUT2D eigenvalue weighted by atomic mass is 10.1. The van der Waals surface area contributed by atoms with E-state index in [1.54, 1.807) is 13.0 Å². The summed E-state index contributed by atoms with van der Waals surface area (Å²) >= 11 is 9.27. The van der Waals surface area contributed by atoms with Crippen molar-refractivity contribution in [1.29, 1.82) is 0 Å². The molecule has 2 aromatic heterocycles. The summed E-state index contributed by atoms with van der Waals surface area (Å²) in [4.78, 5) is 41.1. The Balaban J connectivity index is 1.73. The number of hydrogen-bond donors (Lipinski definition) is 1. The molecule has 3 heterocycles. The number of aryl methyl sites for hydroxylation is 1. The normalized spacial score (nSPS) is 15.3. The van der Waals surface area contributed by atoms with Crippen LogP contribution in [0.5, 0.6) is 0 Å². The number of thioether (sulfide) groups is 1. The molecule has 152 valence electrons. The predicted octanol–water partition coefficient (Wildman–Crippen LogP) is 4.44. The minimum Gasteiger partial charge on any atom is -0.462 e. The van der Waals surface area contributed by atoms with Crippen molar-refractivity contribution in [3.05, 3.63) is 43.3 Å². The highest BCUT2D eigenvalue weighted by Gasteiger charge is 2.34. The van der Waals surface area contributed by atoms with Crippen LogP contribution in [0.25, 0.3) is 6.08 Å². The summed E-state index contributed by atoms with van der Waals surface area (Å²) in [6.07, 6.45) is 1.77. The maximum absolute atomic E-state index is 12.7. The van der Waals surface area contributed by atoms with Gasteiger partial charge in [0.2, 0.25) is 5.91 Å². The van der Waals surface area contributed by atoms with E-state index in [2.05, 4.69) is 5.32 Å². The standard InChI is InChI=1S/C19H18N2O4S4/c1-4-25-18(24)15-10(2)11(3)28-16(15)20-14(22)9-21-17(23)13(29-19(21)26)8-12-6-5-7-27-12/h5-8H,4,9H2,1-3H3,(H,20,22)/b13-8+. The van der Waals surface area contributed by atoms with Crippen molar-refractivity contribution in [2.45, 2.75) is 20.8 Å². The van der Waals surface area contributed by atoms with Crippen molar-refractivity contribution < 1.29 is 19.1 Å². The number of thiophene rings is 2. The van der Waals surface area contributed by atoms with E-state index in [0.29, 0.717) is 19.8 Å².